The molecule has 0 amide bonds. The van der Waals surface area contributed by atoms with E-state index in [-0.39, 0.29) is 0 Å². The fourth-order valence-electron chi connectivity index (χ4n) is 2.08. The second-order valence-electron chi connectivity index (χ2n) is 4.92. The van der Waals surface area contributed by atoms with Gasteiger partial charge in [0.05, 0.1) is 5.52 Å². The van der Waals surface area contributed by atoms with Gasteiger partial charge in [-0.25, -0.2) is 4.98 Å². The summed E-state index contributed by atoms with van der Waals surface area (Å²) in [4.78, 5) is 9.89. The third-order valence-corrected chi connectivity index (χ3v) is 3.43. The topological polar surface area (TPSA) is 36.9 Å². The van der Waals surface area contributed by atoms with Crippen molar-refractivity contribution in [3.63, 3.8) is 0 Å². The van der Waals surface area contributed by atoms with Gasteiger partial charge in [0.15, 0.2) is 10.4 Å². The number of H-pyrrole nitrogens is 1. The Labute approximate surface area is 113 Å². The molecule has 2 aromatic rings. The van der Waals surface area contributed by atoms with Crippen LogP contribution < -0.4 is 0 Å². The first kappa shape index (κ1) is 13.2. The van der Waals surface area contributed by atoms with Crippen LogP contribution in [0.5, 0.6) is 0 Å². The highest BCUT2D eigenvalue weighted by atomic mass is 32.1. The van der Waals surface area contributed by atoms with Gasteiger partial charge in [0.2, 0.25) is 0 Å². The number of aromatic nitrogens is 3. The lowest BCUT2D eigenvalue weighted by Crippen LogP contribution is -2.13. The standard InChI is InChI=1S/C13H20N4S/c1-10-6-7-14-12-11(10)15-13(18)17(12)9-5-4-8-16(2)3/h6-7H,4-5,8-9H2,1-3H3,(H,15,18). The van der Waals surface area contributed by atoms with Crippen LogP contribution in [0.15, 0.2) is 12.3 Å². The van der Waals surface area contributed by atoms with Gasteiger partial charge in [-0.2, -0.15) is 0 Å². The van der Waals surface area contributed by atoms with Crippen molar-refractivity contribution >= 4 is 23.4 Å². The Bertz CT molecular complexity index is 582. The molecule has 0 saturated carbocycles. The van der Waals surface area contributed by atoms with Crippen molar-refractivity contribution in [2.75, 3.05) is 20.6 Å². The quantitative estimate of drug-likeness (QED) is 0.666. The van der Waals surface area contributed by atoms with Gasteiger partial charge in [-0.1, -0.05) is 0 Å². The minimum absolute atomic E-state index is 0.775. The van der Waals surface area contributed by atoms with Crippen LogP contribution in [-0.2, 0) is 6.54 Å². The Morgan fingerprint density at radius 1 is 1.39 bits per heavy atom. The number of imidazole rings is 1. The molecule has 98 valence electrons. The summed E-state index contributed by atoms with van der Waals surface area (Å²) in [7, 11) is 4.20. The molecule has 0 atom stereocenters. The summed E-state index contributed by atoms with van der Waals surface area (Å²) in [5, 5.41) is 0. The van der Waals surface area contributed by atoms with Crippen LogP contribution in [-0.4, -0.2) is 40.1 Å². The molecule has 0 unspecified atom stereocenters. The summed E-state index contributed by atoms with van der Waals surface area (Å²) in [6, 6.07) is 2.00. The van der Waals surface area contributed by atoms with E-state index in [0.29, 0.717) is 0 Å². The van der Waals surface area contributed by atoms with Gasteiger partial charge >= 0.3 is 0 Å². The van der Waals surface area contributed by atoms with E-state index in [9.17, 15) is 0 Å². The summed E-state index contributed by atoms with van der Waals surface area (Å²) in [5.74, 6) is 0. The Hall–Kier alpha value is -1.20. The molecule has 0 aliphatic rings. The lowest BCUT2D eigenvalue weighted by Gasteiger charge is -2.09. The number of aryl methyl sites for hydroxylation is 2. The molecular weight excluding hydrogens is 244 g/mol. The third kappa shape index (κ3) is 2.79. The van der Waals surface area contributed by atoms with Gasteiger partial charge in [0.1, 0.15) is 0 Å². The van der Waals surface area contributed by atoms with Crippen LogP contribution >= 0.6 is 12.2 Å². The SMILES string of the molecule is Cc1ccnc2c1[nH]c(=S)n2CCCCN(C)C. The monoisotopic (exact) mass is 264 g/mol. The minimum atomic E-state index is 0.775. The lowest BCUT2D eigenvalue weighted by molar-refractivity contribution is 0.388. The fraction of sp³-hybridized carbons (Fsp3) is 0.538. The Morgan fingerprint density at radius 3 is 2.89 bits per heavy atom. The first-order valence-electron chi connectivity index (χ1n) is 6.28. The molecule has 0 aliphatic carbocycles. The highest BCUT2D eigenvalue weighted by molar-refractivity contribution is 7.71. The van der Waals surface area contributed by atoms with Gasteiger partial charge in [-0.15, -0.1) is 0 Å². The third-order valence-electron chi connectivity index (χ3n) is 3.11. The number of pyridine rings is 1. The number of nitrogens with one attached hydrogen (secondary N) is 1. The molecule has 0 bridgehead atoms. The summed E-state index contributed by atoms with van der Waals surface area (Å²) in [6.07, 6.45) is 4.14. The second kappa shape index (κ2) is 5.63. The number of unbranched alkanes of at least 4 members (excludes halogenated alkanes) is 1. The van der Waals surface area contributed by atoms with E-state index in [1.807, 2.05) is 12.3 Å². The van der Waals surface area contributed by atoms with Gasteiger partial charge in [0.25, 0.3) is 0 Å². The van der Waals surface area contributed by atoms with Crippen molar-refractivity contribution < 1.29 is 0 Å². The average molecular weight is 264 g/mol. The first-order valence-corrected chi connectivity index (χ1v) is 6.69. The molecule has 0 saturated heterocycles. The zero-order valence-corrected chi connectivity index (χ0v) is 12.0. The van der Waals surface area contributed by atoms with Crippen LogP contribution in [0.25, 0.3) is 11.2 Å². The molecular formula is C13H20N4S. The van der Waals surface area contributed by atoms with Crippen LogP contribution in [0.2, 0.25) is 0 Å². The summed E-state index contributed by atoms with van der Waals surface area (Å²) in [5.41, 5.74) is 3.23. The molecule has 0 radical (unpaired) electrons. The van der Waals surface area contributed by atoms with Gasteiger partial charge in [0, 0.05) is 12.7 Å². The number of rotatable bonds is 5. The summed E-state index contributed by atoms with van der Waals surface area (Å²) >= 11 is 5.37. The van der Waals surface area contributed by atoms with E-state index in [1.54, 1.807) is 0 Å². The Morgan fingerprint density at radius 2 is 2.17 bits per heavy atom. The largest absolute Gasteiger partial charge is 0.329 e. The molecule has 2 rings (SSSR count). The van der Waals surface area contributed by atoms with E-state index in [4.69, 9.17) is 12.2 Å². The van der Waals surface area contributed by atoms with Crippen LogP contribution in [0.4, 0.5) is 0 Å². The van der Waals surface area contributed by atoms with E-state index < -0.39 is 0 Å². The number of aromatic amines is 1. The van der Waals surface area contributed by atoms with Gasteiger partial charge in [-0.05, 0) is 64.3 Å². The Kier molecular flexibility index (Phi) is 4.14. The lowest BCUT2D eigenvalue weighted by atomic mass is 10.2. The van der Waals surface area contributed by atoms with E-state index in [2.05, 4.69) is 40.5 Å². The molecule has 0 aliphatic heterocycles. The Balaban J connectivity index is 2.16. The number of fused-ring (bicyclic) bond motifs is 1. The number of nitrogens with zero attached hydrogens (tertiary/aromatic N) is 3. The summed E-state index contributed by atoms with van der Waals surface area (Å²) < 4.78 is 2.88. The minimum Gasteiger partial charge on any atom is -0.329 e. The number of hydrogen-bond donors (Lipinski definition) is 1. The summed E-state index contributed by atoms with van der Waals surface area (Å²) in [6.45, 7) is 4.12. The highest BCUT2D eigenvalue weighted by Gasteiger charge is 2.06. The molecule has 4 nitrogen and oxygen atoms in total. The van der Waals surface area contributed by atoms with Crippen LogP contribution in [0, 0.1) is 11.7 Å². The maximum Gasteiger partial charge on any atom is 0.179 e. The zero-order chi connectivity index (χ0) is 13.1. The molecule has 18 heavy (non-hydrogen) atoms. The zero-order valence-electron chi connectivity index (χ0n) is 11.2. The van der Waals surface area contributed by atoms with Crippen LogP contribution in [0.3, 0.4) is 0 Å². The first-order chi connectivity index (χ1) is 8.59. The van der Waals surface area contributed by atoms with E-state index in [0.717, 1.165) is 35.4 Å². The average Bonchev–Trinajstić information content (AvgIpc) is 2.63. The van der Waals surface area contributed by atoms with Crippen LogP contribution in [0.1, 0.15) is 18.4 Å². The fourth-order valence-corrected chi connectivity index (χ4v) is 2.36. The van der Waals surface area contributed by atoms with Gasteiger partial charge < -0.3 is 14.5 Å². The van der Waals surface area contributed by atoms with Crippen molar-refractivity contribution in [1.29, 1.82) is 0 Å². The second-order valence-corrected chi connectivity index (χ2v) is 5.31. The molecule has 0 fully saturated rings. The maximum atomic E-state index is 5.37. The molecule has 2 heterocycles. The smallest absolute Gasteiger partial charge is 0.179 e. The molecule has 1 N–H and O–H groups in total. The van der Waals surface area contributed by atoms with Crippen molar-refractivity contribution in [2.45, 2.75) is 26.3 Å². The van der Waals surface area contributed by atoms with Crippen molar-refractivity contribution in [2.24, 2.45) is 0 Å². The predicted molar refractivity (Wildman–Crippen MR) is 77.4 cm³/mol. The van der Waals surface area contributed by atoms with Crippen molar-refractivity contribution in [3.8, 4) is 0 Å². The van der Waals surface area contributed by atoms with Crippen molar-refractivity contribution in [1.82, 2.24) is 19.4 Å². The normalized spacial score (nSPS) is 11.6. The van der Waals surface area contributed by atoms with E-state index >= 15 is 0 Å². The molecule has 0 aromatic carbocycles. The predicted octanol–water partition coefficient (Wildman–Crippen LogP) is 2.74. The highest BCUT2D eigenvalue weighted by Crippen LogP contribution is 2.15. The van der Waals surface area contributed by atoms with Crippen molar-refractivity contribution in [3.05, 3.63) is 22.6 Å². The van der Waals surface area contributed by atoms with Gasteiger partial charge in [-0.3, -0.25) is 0 Å². The molecule has 5 heteroatoms. The molecule has 0 spiro atoms. The molecule has 2 aromatic heterocycles. The maximum absolute atomic E-state index is 5.37. The van der Waals surface area contributed by atoms with E-state index in [1.165, 1.54) is 12.0 Å². The number of hydrogen-bond acceptors (Lipinski definition) is 3.